The molecule has 0 bridgehead atoms. The second kappa shape index (κ2) is 7.30. The number of pyridine rings is 1. The van der Waals surface area contributed by atoms with Crippen molar-refractivity contribution >= 4 is 11.8 Å². The Bertz CT molecular complexity index is 1060. The number of fused-ring (bicyclic) bond motifs is 1. The van der Waals surface area contributed by atoms with Crippen LogP contribution in [0, 0.1) is 5.92 Å². The van der Waals surface area contributed by atoms with Crippen LogP contribution in [0.25, 0.3) is 0 Å². The molecule has 4 rings (SSSR count). The average Bonchev–Trinajstić information content (AvgIpc) is 3.48. The lowest BCUT2D eigenvalue weighted by atomic mass is 9.90. The van der Waals surface area contributed by atoms with E-state index < -0.39 is 23.2 Å². The molecule has 2 aliphatic rings. The summed E-state index contributed by atoms with van der Waals surface area (Å²) in [5, 5.41) is 2.96. The number of nitrogens with one attached hydrogen (secondary N) is 2. The number of hydrogen-bond acceptors (Lipinski definition) is 3. The average molecular weight is 419 g/mol. The van der Waals surface area contributed by atoms with E-state index >= 15 is 0 Å². The zero-order valence-electron chi connectivity index (χ0n) is 15.9. The Morgan fingerprint density at radius 3 is 2.50 bits per heavy atom. The van der Waals surface area contributed by atoms with Crippen molar-refractivity contribution in [1.29, 1.82) is 0 Å². The largest absolute Gasteiger partial charge is 0.416 e. The van der Waals surface area contributed by atoms with Gasteiger partial charge in [0.2, 0.25) is 5.91 Å². The van der Waals surface area contributed by atoms with Crippen LogP contribution < -0.4 is 16.6 Å². The highest BCUT2D eigenvalue weighted by Crippen LogP contribution is 2.48. The van der Waals surface area contributed by atoms with Crippen molar-refractivity contribution in [1.82, 2.24) is 10.3 Å². The van der Waals surface area contributed by atoms with E-state index in [0.29, 0.717) is 36.1 Å². The summed E-state index contributed by atoms with van der Waals surface area (Å²) in [6, 6.07) is 5.98. The number of aryl methyl sites for hydroxylation is 1. The Balaban J connectivity index is 1.47. The minimum atomic E-state index is -4.39. The second-order valence-electron chi connectivity index (χ2n) is 7.83. The molecule has 4 N–H and O–H groups in total. The van der Waals surface area contributed by atoms with Crippen molar-refractivity contribution in [3.63, 3.8) is 0 Å². The van der Waals surface area contributed by atoms with E-state index in [1.165, 1.54) is 18.2 Å². The molecule has 1 heterocycles. The molecule has 6 nitrogen and oxygen atoms in total. The van der Waals surface area contributed by atoms with Gasteiger partial charge >= 0.3 is 6.18 Å². The third-order valence-corrected chi connectivity index (χ3v) is 5.83. The van der Waals surface area contributed by atoms with Gasteiger partial charge in [0, 0.05) is 11.6 Å². The summed E-state index contributed by atoms with van der Waals surface area (Å²) in [5.41, 5.74) is 5.90. The predicted molar refractivity (Wildman–Crippen MR) is 102 cm³/mol. The molecule has 158 valence electrons. The lowest BCUT2D eigenvalue weighted by Crippen LogP contribution is -2.35. The molecular formula is C21H20F3N3O3. The number of primary amides is 1. The maximum absolute atomic E-state index is 12.7. The lowest BCUT2D eigenvalue weighted by Gasteiger charge is -2.26. The Hall–Kier alpha value is -3.10. The second-order valence-corrected chi connectivity index (χ2v) is 7.83. The van der Waals surface area contributed by atoms with Crippen LogP contribution in [0.4, 0.5) is 13.2 Å². The van der Waals surface area contributed by atoms with Crippen molar-refractivity contribution in [3.05, 3.63) is 68.6 Å². The van der Waals surface area contributed by atoms with Gasteiger partial charge in [-0.2, -0.15) is 13.2 Å². The lowest BCUT2D eigenvalue weighted by molar-refractivity contribution is -0.137. The normalized spacial score (nSPS) is 22.8. The summed E-state index contributed by atoms with van der Waals surface area (Å²) in [6.45, 7) is 0. The van der Waals surface area contributed by atoms with Gasteiger partial charge in [-0.3, -0.25) is 14.4 Å². The number of halogens is 3. The first-order chi connectivity index (χ1) is 14.1. The fourth-order valence-electron chi connectivity index (χ4n) is 4.13. The first-order valence-corrected chi connectivity index (χ1v) is 9.68. The van der Waals surface area contributed by atoms with Crippen LogP contribution in [0.2, 0.25) is 0 Å². The van der Waals surface area contributed by atoms with Crippen LogP contribution in [0.1, 0.15) is 64.0 Å². The quantitative estimate of drug-likeness (QED) is 0.710. The van der Waals surface area contributed by atoms with Gasteiger partial charge in [-0.25, -0.2) is 0 Å². The third-order valence-electron chi connectivity index (χ3n) is 5.83. The van der Waals surface area contributed by atoms with E-state index in [0.717, 1.165) is 18.6 Å². The van der Waals surface area contributed by atoms with Crippen LogP contribution in [0.3, 0.4) is 0 Å². The van der Waals surface area contributed by atoms with E-state index in [1.807, 2.05) is 0 Å². The minimum Gasteiger partial charge on any atom is -0.365 e. The van der Waals surface area contributed by atoms with Crippen molar-refractivity contribution in [2.75, 3.05) is 0 Å². The van der Waals surface area contributed by atoms with Gasteiger partial charge in [0.05, 0.1) is 11.6 Å². The van der Waals surface area contributed by atoms with Crippen LogP contribution in [-0.4, -0.2) is 16.8 Å². The topological polar surface area (TPSA) is 105 Å². The van der Waals surface area contributed by atoms with Crippen LogP contribution in [0.15, 0.2) is 35.1 Å². The number of aromatic amines is 1. The predicted octanol–water partition coefficient (Wildman–Crippen LogP) is 2.79. The molecule has 1 aromatic heterocycles. The van der Waals surface area contributed by atoms with E-state index in [4.69, 9.17) is 5.73 Å². The molecule has 3 unspecified atom stereocenters. The Morgan fingerprint density at radius 1 is 1.17 bits per heavy atom. The fraction of sp³-hybridized carbons (Fsp3) is 0.381. The summed E-state index contributed by atoms with van der Waals surface area (Å²) in [7, 11) is 0. The maximum Gasteiger partial charge on any atom is 0.416 e. The number of carbonyl (C=O) groups excluding carboxylic acids is 2. The molecule has 2 aromatic rings. The first kappa shape index (κ1) is 20.2. The maximum atomic E-state index is 12.7. The molecule has 2 aliphatic carbocycles. The molecule has 0 radical (unpaired) electrons. The zero-order valence-corrected chi connectivity index (χ0v) is 15.9. The summed E-state index contributed by atoms with van der Waals surface area (Å²) >= 11 is 0. The molecule has 0 spiro atoms. The van der Waals surface area contributed by atoms with Crippen LogP contribution in [0.5, 0.6) is 0 Å². The Labute approximate surface area is 169 Å². The molecule has 1 fully saturated rings. The number of alkyl halides is 3. The molecule has 9 heteroatoms. The smallest absolute Gasteiger partial charge is 0.365 e. The number of aromatic nitrogens is 1. The van der Waals surface area contributed by atoms with Gasteiger partial charge < -0.3 is 16.0 Å². The van der Waals surface area contributed by atoms with Gasteiger partial charge in [0.15, 0.2) is 0 Å². The summed E-state index contributed by atoms with van der Waals surface area (Å²) in [6.07, 6.45) is -1.78. The monoisotopic (exact) mass is 419 g/mol. The van der Waals surface area contributed by atoms with E-state index in [9.17, 15) is 27.6 Å². The number of nitrogens with two attached hydrogens (primary N) is 1. The minimum absolute atomic E-state index is 0.118. The number of H-pyrrole nitrogens is 1. The highest BCUT2D eigenvalue weighted by molar-refractivity contribution is 5.92. The van der Waals surface area contributed by atoms with E-state index in [-0.39, 0.29) is 29.3 Å². The number of amides is 2. The summed E-state index contributed by atoms with van der Waals surface area (Å²) in [4.78, 5) is 38.8. The molecule has 30 heavy (non-hydrogen) atoms. The van der Waals surface area contributed by atoms with Gasteiger partial charge in [-0.1, -0.05) is 12.1 Å². The van der Waals surface area contributed by atoms with Gasteiger partial charge in [0.25, 0.3) is 11.5 Å². The molecule has 0 saturated heterocycles. The van der Waals surface area contributed by atoms with Crippen molar-refractivity contribution < 1.29 is 22.8 Å². The van der Waals surface area contributed by atoms with Crippen LogP contribution in [-0.2, 0) is 17.4 Å². The van der Waals surface area contributed by atoms with E-state index in [2.05, 4.69) is 10.3 Å². The third kappa shape index (κ3) is 3.83. The number of rotatable bonds is 4. The molecule has 2 amide bonds. The molecular weight excluding hydrogens is 399 g/mol. The van der Waals surface area contributed by atoms with Gasteiger partial charge in [0.1, 0.15) is 5.56 Å². The molecule has 0 aliphatic heterocycles. The van der Waals surface area contributed by atoms with Crippen molar-refractivity contribution in [3.8, 4) is 0 Å². The zero-order chi connectivity index (χ0) is 21.6. The van der Waals surface area contributed by atoms with Crippen LogP contribution >= 0.6 is 0 Å². The highest BCUT2D eigenvalue weighted by Gasteiger charge is 2.45. The number of hydrogen-bond donors (Lipinski definition) is 3. The van der Waals surface area contributed by atoms with Gasteiger partial charge in [-0.15, -0.1) is 0 Å². The Kier molecular flexibility index (Phi) is 4.91. The fourth-order valence-corrected chi connectivity index (χ4v) is 4.13. The molecule has 1 aromatic carbocycles. The number of benzene rings is 1. The number of carbonyl (C=O) groups is 2. The first-order valence-electron chi connectivity index (χ1n) is 9.68. The standard InChI is InChI=1S/C21H20F3N3O3/c22-21(23,24)11-6-4-10(5-7-11)12-8-13(12)19(29)26-16-2-1-3-17-14(16)9-15(18(25)28)20(30)27-17/h4-7,9,12-13,16H,1-3,8H2,(H2,25,28)(H,26,29)(H,27,30). The van der Waals surface area contributed by atoms with Gasteiger partial charge in [-0.05, 0) is 60.9 Å². The molecule has 3 atom stereocenters. The SMILES string of the molecule is NC(=O)c1cc2c([nH]c1=O)CCCC2NC(=O)C1CC1c1ccc(C(F)(F)F)cc1. The summed E-state index contributed by atoms with van der Waals surface area (Å²) in [5.74, 6) is -1.46. The molecule has 1 saturated carbocycles. The van der Waals surface area contributed by atoms with E-state index in [1.54, 1.807) is 0 Å². The Morgan fingerprint density at radius 2 is 1.87 bits per heavy atom. The highest BCUT2D eigenvalue weighted by atomic mass is 19.4. The van der Waals surface area contributed by atoms with Crippen molar-refractivity contribution in [2.24, 2.45) is 11.7 Å². The summed E-state index contributed by atoms with van der Waals surface area (Å²) < 4.78 is 38.1. The van der Waals surface area contributed by atoms with Crippen molar-refractivity contribution in [2.45, 2.75) is 43.8 Å².